The highest BCUT2D eigenvalue weighted by Crippen LogP contribution is 2.53. The lowest BCUT2D eigenvalue weighted by Crippen LogP contribution is -2.05. The summed E-state index contributed by atoms with van der Waals surface area (Å²) in [4.78, 5) is 11.5. The van der Waals surface area contributed by atoms with Crippen LogP contribution >= 0.6 is 15.9 Å². The molecule has 2 fully saturated rings. The summed E-state index contributed by atoms with van der Waals surface area (Å²) in [6.45, 7) is 0. The highest BCUT2D eigenvalue weighted by atomic mass is 79.9. The molecule has 2 aliphatic carbocycles. The Balaban J connectivity index is 2.03. The van der Waals surface area contributed by atoms with Gasteiger partial charge in [0.05, 0.1) is 0 Å². The molecule has 3 atom stereocenters. The number of rotatable bonds is 0. The van der Waals surface area contributed by atoms with E-state index in [1.165, 1.54) is 0 Å². The second-order valence-electron chi connectivity index (χ2n) is 3.05. The Morgan fingerprint density at radius 2 is 2.22 bits per heavy atom. The zero-order valence-corrected chi connectivity index (χ0v) is 6.73. The molecule has 0 aromatic carbocycles. The summed E-state index contributed by atoms with van der Waals surface area (Å²) in [5.74, 6) is 2.03. The molecular weight excluding hydrogens is 180 g/mol. The number of hydrogen-bond acceptors (Lipinski definition) is 1. The highest BCUT2D eigenvalue weighted by Gasteiger charge is 2.50. The smallest absolute Gasteiger partial charge is 0.133 e. The number of alkyl halides is 1. The Labute approximate surface area is 62.9 Å². The first-order chi connectivity index (χ1) is 4.29. The molecule has 9 heavy (non-hydrogen) atoms. The molecule has 2 rings (SSSR count). The van der Waals surface area contributed by atoms with Crippen molar-refractivity contribution in [2.75, 3.05) is 0 Å². The van der Waals surface area contributed by atoms with Gasteiger partial charge in [0.25, 0.3) is 0 Å². The van der Waals surface area contributed by atoms with Crippen LogP contribution in [0.3, 0.4) is 0 Å². The molecule has 0 bridgehead atoms. The van der Waals surface area contributed by atoms with Crippen molar-refractivity contribution in [3.8, 4) is 0 Å². The van der Waals surface area contributed by atoms with Crippen molar-refractivity contribution in [2.45, 2.75) is 24.1 Å². The van der Waals surface area contributed by atoms with Crippen molar-refractivity contribution in [3.63, 3.8) is 0 Å². The molecule has 0 spiro atoms. The van der Waals surface area contributed by atoms with E-state index in [2.05, 4.69) is 15.9 Å². The second-order valence-corrected chi connectivity index (χ2v) is 4.11. The fourth-order valence-corrected chi connectivity index (χ4v) is 2.79. The first-order valence-electron chi connectivity index (χ1n) is 3.45. The molecule has 0 saturated heterocycles. The van der Waals surface area contributed by atoms with Crippen LogP contribution in [0.15, 0.2) is 0 Å². The first kappa shape index (κ1) is 5.90. The monoisotopic (exact) mass is 188 g/mol. The minimum Gasteiger partial charge on any atom is -0.300 e. The third kappa shape index (κ3) is 0.841. The molecule has 2 aliphatic rings. The topological polar surface area (TPSA) is 17.1 Å². The van der Waals surface area contributed by atoms with E-state index in [1.807, 2.05) is 0 Å². The molecule has 3 unspecified atom stereocenters. The van der Waals surface area contributed by atoms with Gasteiger partial charge in [-0.15, -0.1) is 0 Å². The minimum atomic E-state index is 0.471. The average Bonchev–Trinajstić information content (AvgIpc) is 2.43. The predicted molar refractivity (Wildman–Crippen MR) is 38.6 cm³/mol. The Kier molecular flexibility index (Phi) is 1.19. The number of hydrogen-bond donors (Lipinski definition) is 0. The summed E-state index contributed by atoms with van der Waals surface area (Å²) in [7, 11) is 0. The predicted octanol–water partition coefficient (Wildman–Crippen LogP) is 1.75. The van der Waals surface area contributed by atoms with E-state index < -0.39 is 0 Å². The van der Waals surface area contributed by atoms with Crippen LogP contribution < -0.4 is 0 Å². The Hall–Kier alpha value is 0.150. The Morgan fingerprint density at radius 3 is 2.78 bits per heavy atom. The maximum Gasteiger partial charge on any atom is 0.133 e. The van der Waals surface area contributed by atoms with Gasteiger partial charge < -0.3 is 0 Å². The van der Waals surface area contributed by atoms with E-state index in [4.69, 9.17) is 0 Å². The molecule has 2 heteroatoms. The van der Waals surface area contributed by atoms with Gasteiger partial charge in [0.2, 0.25) is 0 Å². The quantitative estimate of drug-likeness (QED) is 0.530. The van der Waals surface area contributed by atoms with Crippen LogP contribution in [0.5, 0.6) is 0 Å². The van der Waals surface area contributed by atoms with E-state index in [9.17, 15) is 4.79 Å². The van der Waals surface area contributed by atoms with Gasteiger partial charge in [0.1, 0.15) is 5.78 Å². The van der Waals surface area contributed by atoms with Gasteiger partial charge in [-0.25, -0.2) is 0 Å². The number of ketones is 1. The molecule has 0 aromatic rings. The standard InChI is InChI=1S/C7H9BrO/c8-7-5-2-1-4(9)3-6(5)7/h5-7H,1-3H2. The second kappa shape index (κ2) is 1.82. The lowest BCUT2D eigenvalue weighted by Gasteiger charge is -2.04. The van der Waals surface area contributed by atoms with Crippen LogP contribution in [-0.4, -0.2) is 10.6 Å². The fourth-order valence-electron chi connectivity index (χ4n) is 1.73. The zero-order valence-electron chi connectivity index (χ0n) is 5.14. The number of carbonyl (C=O) groups excluding carboxylic acids is 1. The van der Waals surface area contributed by atoms with E-state index >= 15 is 0 Å². The van der Waals surface area contributed by atoms with Crippen LogP contribution in [0.1, 0.15) is 19.3 Å². The van der Waals surface area contributed by atoms with Gasteiger partial charge in [-0.05, 0) is 18.3 Å². The third-order valence-electron chi connectivity index (χ3n) is 2.45. The first-order valence-corrected chi connectivity index (χ1v) is 4.36. The summed E-state index contributed by atoms with van der Waals surface area (Å²) >= 11 is 3.55. The molecule has 0 heterocycles. The molecule has 0 aliphatic heterocycles. The number of halogens is 1. The molecule has 0 aromatic heterocycles. The fraction of sp³-hybridized carbons (Fsp3) is 0.857. The minimum absolute atomic E-state index is 0.471. The van der Waals surface area contributed by atoms with Gasteiger partial charge >= 0.3 is 0 Å². The van der Waals surface area contributed by atoms with Gasteiger partial charge in [-0.2, -0.15) is 0 Å². The maximum atomic E-state index is 10.8. The number of fused-ring (bicyclic) bond motifs is 1. The van der Waals surface area contributed by atoms with E-state index in [0.717, 1.165) is 25.2 Å². The van der Waals surface area contributed by atoms with Crippen molar-refractivity contribution >= 4 is 21.7 Å². The average molecular weight is 189 g/mol. The Bertz CT molecular complexity index is 155. The van der Waals surface area contributed by atoms with Gasteiger partial charge in [0, 0.05) is 17.7 Å². The lowest BCUT2D eigenvalue weighted by atomic mass is 10.00. The summed E-state index contributed by atoms with van der Waals surface area (Å²) < 4.78 is 0. The highest BCUT2D eigenvalue weighted by molar-refractivity contribution is 9.09. The zero-order chi connectivity index (χ0) is 6.43. The van der Waals surface area contributed by atoms with E-state index in [1.54, 1.807) is 0 Å². The molecule has 0 radical (unpaired) electrons. The SMILES string of the molecule is O=C1CCC2C(Br)C2C1. The molecule has 50 valence electrons. The number of carbonyl (C=O) groups is 1. The van der Waals surface area contributed by atoms with E-state index in [-0.39, 0.29) is 0 Å². The number of Topliss-reactive ketones (excluding diaryl/α,β-unsaturated/α-hetero) is 1. The summed E-state index contributed by atoms with van der Waals surface area (Å²) in [5, 5.41) is 0. The third-order valence-corrected chi connectivity index (χ3v) is 3.81. The van der Waals surface area contributed by atoms with Crippen molar-refractivity contribution in [2.24, 2.45) is 11.8 Å². The van der Waals surface area contributed by atoms with Crippen LogP contribution in [0.25, 0.3) is 0 Å². The Morgan fingerprint density at radius 1 is 1.44 bits per heavy atom. The molecule has 0 N–H and O–H groups in total. The van der Waals surface area contributed by atoms with Crippen molar-refractivity contribution in [1.29, 1.82) is 0 Å². The van der Waals surface area contributed by atoms with E-state index in [0.29, 0.717) is 16.5 Å². The van der Waals surface area contributed by atoms with Crippen molar-refractivity contribution < 1.29 is 4.79 Å². The maximum absolute atomic E-state index is 10.8. The van der Waals surface area contributed by atoms with Crippen LogP contribution in [0, 0.1) is 11.8 Å². The van der Waals surface area contributed by atoms with Gasteiger partial charge in [-0.3, -0.25) is 4.79 Å². The summed E-state index contributed by atoms with van der Waals surface area (Å²) in [6.07, 6.45) is 2.82. The molecular formula is C7H9BrO. The van der Waals surface area contributed by atoms with Crippen molar-refractivity contribution in [3.05, 3.63) is 0 Å². The van der Waals surface area contributed by atoms with Gasteiger partial charge in [-0.1, -0.05) is 15.9 Å². The molecule has 2 saturated carbocycles. The van der Waals surface area contributed by atoms with Crippen LogP contribution in [0.4, 0.5) is 0 Å². The van der Waals surface area contributed by atoms with Gasteiger partial charge in [0.15, 0.2) is 0 Å². The normalized spacial score (nSPS) is 48.6. The summed E-state index contributed by atoms with van der Waals surface area (Å²) in [5.41, 5.74) is 0. The van der Waals surface area contributed by atoms with Crippen LogP contribution in [-0.2, 0) is 4.79 Å². The largest absolute Gasteiger partial charge is 0.300 e. The molecule has 0 amide bonds. The van der Waals surface area contributed by atoms with Crippen LogP contribution in [0.2, 0.25) is 0 Å². The summed E-state index contributed by atoms with van der Waals surface area (Å²) in [6, 6.07) is 0. The lowest BCUT2D eigenvalue weighted by molar-refractivity contribution is -0.120. The van der Waals surface area contributed by atoms with Crippen molar-refractivity contribution in [1.82, 2.24) is 0 Å². The molecule has 1 nitrogen and oxygen atoms in total.